The standard InChI is InChI=1S/C22H35N7O2/c1-16-20(19-8-10-24-22(26-19)25-17-4-6-18(30)7-5-17)21(27-31-16)23-9-3-11-29-14-12-28(2)13-15-29/h8,10,17-18,30H,3-7,9,11-15H2,1-2H3,(H,23,27)(H,24,25,26). The molecule has 0 spiro atoms. The number of piperazine rings is 1. The predicted molar refractivity (Wildman–Crippen MR) is 121 cm³/mol. The molecule has 3 heterocycles. The highest BCUT2D eigenvalue weighted by Gasteiger charge is 2.21. The molecule has 1 aliphatic heterocycles. The van der Waals surface area contributed by atoms with Crippen LogP contribution in [0, 0.1) is 6.92 Å². The summed E-state index contributed by atoms with van der Waals surface area (Å²) in [6, 6.07) is 2.19. The van der Waals surface area contributed by atoms with Crippen molar-refractivity contribution in [1.29, 1.82) is 0 Å². The molecular formula is C22H35N7O2. The summed E-state index contributed by atoms with van der Waals surface area (Å²) in [6.07, 6.45) is 6.16. The lowest BCUT2D eigenvalue weighted by Gasteiger charge is -2.32. The maximum absolute atomic E-state index is 9.71. The zero-order chi connectivity index (χ0) is 21.6. The molecule has 0 unspecified atom stereocenters. The maximum atomic E-state index is 9.71. The van der Waals surface area contributed by atoms with E-state index < -0.39 is 0 Å². The minimum atomic E-state index is -0.171. The Morgan fingerprint density at radius 2 is 1.94 bits per heavy atom. The molecule has 0 radical (unpaired) electrons. The van der Waals surface area contributed by atoms with Gasteiger partial charge < -0.3 is 30.1 Å². The van der Waals surface area contributed by atoms with Gasteiger partial charge in [-0.05, 0) is 58.7 Å². The number of rotatable bonds is 8. The van der Waals surface area contributed by atoms with Gasteiger partial charge in [0.2, 0.25) is 5.95 Å². The molecule has 9 heteroatoms. The van der Waals surface area contributed by atoms with Crippen molar-refractivity contribution in [2.45, 2.75) is 51.2 Å². The Morgan fingerprint density at radius 3 is 2.71 bits per heavy atom. The van der Waals surface area contributed by atoms with Gasteiger partial charge in [-0.15, -0.1) is 0 Å². The van der Waals surface area contributed by atoms with Crippen LogP contribution in [0.1, 0.15) is 37.9 Å². The van der Waals surface area contributed by atoms with Crippen molar-refractivity contribution in [3.05, 3.63) is 18.0 Å². The number of aliphatic hydroxyl groups is 1. The zero-order valence-corrected chi connectivity index (χ0v) is 18.7. The number of hydrogen-bond acceptors (Lipinski definition) is 9. The first-order valence-electron chi connectivity index (χ1n) is 11.5. The Morgan fingerprint density at radius 1 is 1.16 bits per heavy atom. The van der Waals surface area contributed by atoms with Crippen LogP contribution in [0.15, 0.2) is 16.8 Å². The Bertz CT molecular complexity index is 827. The first-order chi connectivity index (χ1) is 15.1. The van der Waals surface area contributed by atoms with Crippen LogP contribution in [0.25, 0.3) is 11.3 Å². The molecule has 0 bridgehead atoms. The van der Waals surface area contributed by atoms with Gasteiger partial charge >= 0.3 is 0 Å². The van der Waals surface area contributed by atoms with Gasteiger partial charge in [0, 0.05) is 45.0 Å². The first kappa shape index (κ1) is 22.0. The minimum absolute atomic E-state index is 0.171. The van der Waals surface area contributed by atoms with E-state index in [4.69, 9.17) is 9.51 Å². The Kier molecular flexibility index (Phi) is 7.37. The summed E-state index contributed by atoms with van der Waals surface area (Å²) in [5.41, 5.74) is 1.69. The van der Waals surface area contributed by atoms with Crippen molar-refractivity contribution >= 4 is 11.8 Å². The summed E-state index contributed by atoms with van der Waals surface area (Å²) in [5, 5.41) is 20.8. The van der Waals surface area contributed by atoms with E-state index in [2.05, 4.69) is 37.6 Å². The molecule has 9 nitrogen and oxygen atoms in total. The molecule has 1 aliphatic carbocycles. The molecule has 0 amide bonds. The van der Waals surface area contributed by atoms with Crippen LogP contribution in [-0.2, 0) is 0 Å². The topological polar surface area (TPSA) is 103 Å². The van der Waals surface area contributed by atoms with Gasteiger partial charge in [0.05, 0.1) is 17.4 Å². The fraction of sp³-hybridized carbons (Fsp3) is 0.682. The van der Waals surface area contributed by atoms with E-state index >= 15 is 0 Å². The minimum Gasteiger partial charge on any atom is -0.393 e. The van der Waals surface area contributed by atoms with E-state index in [-0.39, 0.29) is 6.10 Å². The molecule has 3 N–H and O–H groups in total. The van der Waals surface area contributed by atoms with Gasteiger partial charge in [0.15, 0.2) is 5.82 Å². The molecule has 2 aromatic rings. The van der Waals surface area contributed by atoms with Crippen LogP contribution in [-0.4, -0.2) is 88.5 Å². The molecule has 4 rings (SSSR count). The van der Waals surface area contributed by atoms with Gasteiger partial charge in [-0.2, -0.15) is 0 Å². The molecule has 31 heavy (non-hydrogen) atoms. The molecule has 1 saturated heterocycles. The lowest BCUT2D eigenvalue weighted by Crippen LogP contribution is -2.44. The van der Waals surface area contributed by atoms with Crippen molar-refractivity contribution in [1.82, 2.24) is 24.9 Å². The largest absolute Gasteiger partial charge is 0.393 e. The lowest BCUT2D eigenvalue weighted by atomic mass is 9.93. The average molecular weight is 430 g/mol. The number of nitrogens with zero attached hydrogens (tertiary/aromatic N) is 5. The quantitative estimate of drug-likeness (QED) is 0.545. The van der Waals surface area contributed by atoms with E-state index in [9.17, 15) is 5.11 Å². The Labute approximate surface area is 184 Å². The van der Waals surface area contributed by atoms with Crippen LogP contribution < -0.4 is 10.6 Å². The summed E-state index contributed by atoms with van der Waals surface area (Å²) in [4.78, 5) is 14.0. The van der Waals surface area contributed by atoms with Crippen molar-refractivity contribution in [3.8, 4) is 11.3 Å². The Balaban J connectivity index is 1.34. The third-order valence-electron chi connectivity index (χ3n) is 6.34. The summed E-state index contributed by atoms with van der Waals surface area (Å²) < 4.78 is 5.47. The van der Waals surface area contributed by atoms with E-state index in [1.807, 2.05) is 13.0 Å². The molecular weight excluding hydrogens is 394 g/mol. The highest BCUT2D eigenvalue weighted by molar-refractivity contribution is 5.74. The molecule has 0 aromatic carbocycles. The lowest BCUT2D eigenvalue weighted by molar-refractivity contribution is 0.126. The third-order valence-corrected chi connectivity index (χ3v) is 6.34. The second-order valence-corrected chi connectivity index (χ2v) is 8.80. The second-order valence-electron chi connectivity index (χ2n) is 8.80. The summed E-state index contributed by atoms with van der Waals surface area (Å²) in [5.74, 6) is 2.09. The molecule has 2 aliphatic rings. The van der Waals surface area contributed by atoms with E-state index in [1.54, 1.807) is 6.20 Å². The molecule has 0 atom stereocenters. The van der Waals surface area contributed by atoms with E-state index in [0.29, 0.717) is 12.0 Å². The Hall–Kier alpha value is -2.23. The molecule has 170 valence electrons. The number of anilines is 2. The van der Waals surface area contributed by atoms with E-state index in [0.717, 1.165) is 94.2 Å². The van der Waals surface area contributed by atoms with Gasteiger partial charge in [-0.1, -0.05) is 5.16 Å². The van der Waals surface area contributed by atoms with Crippen LogP contribution in [0.5, 0.6) is 0 Å². The SMILES string of the molecule is Cc1onc(NCCCN2CCN(C)CC2)c1-c1ccnc(NC2CCC(O)CC2)n1. The average Bonchev–Trinajstić information content (AvgIpc) is 3.14. The van der Waals surface area contributed by atoms with E-state index in [1.165, 1.54) is 0 Å². The number of aryl methyl sites for hydroxylation is 1. The summed E-state index contributed by atoms with van der Waals surface area (Å²) >= 11 is 0. The number of nitrogens with one attached hydrogen (secondary N) is 2. The third kappa shape index (κ3) is 5.93. The van der Waals surface area contributed by atoms with Crippen LogP contribution in [0.3, 0.4) is 0 Å². The highest BCUT2D eigenvalue weighted by Crippen LogP contribution is 2.30. The normalized spacial score (nSPS) is 23.1. The van der Waals surface area contributed by atoms with Crippen LogP contribution in [0.2, 0.25) is 0 Å². The van der Waals surface area contributed by atoms with Crippen LogP contribution in [0.4, 0.5) is 11.8 Å². The van der Waals surface area contributed by atoms with Gasteiger partial charge in [0.1, 0.15) is 5.76 Å². The maximum Gasteiger partial charge on any atom is 0.223 e. The fourth-order valence-corrected chi connectivity index (χ4v) is 4.35. The second kappa shape index (κ2) is 10.4. The zero-order valence-electron chi connectivity index (χ0n) is 18.7. The van der Waals surface area contributed by atoms with Gasteiger partial charge in [-0.25, -0.2) is 9.97 Å². The summed E-state index contributed by atoms with van der Waals surface area (Å²) in [7, 11) is 2.18. The van der Waals surface area contributed by atoms with Crippen molar-refractivity contribution in [2.24, 2.45) is 0 Å². The molecule has 1 saturated carbocycles. The first-order valence-corrected chi connectivity index (χ1v) is 11.5. The number of hydrogen-bond donors (Lipinski definition) is 3. The van der Waals surface area contributed by atoms with Crippen molar-refractivity contribution in [2.75, 3.05) is 56.9 Å². The van der Waals surface area contributed by atoms with Crippen molar-refractivity contribution in [3.63, 3.8) is 0 Å². The summed E-state index contributed by atoms with van der Waals surface area (Å²) in [6.45, 7) is 8.41. The number of likely N-dealkylation sites (N-methyl/N-ethyl adjacent to an activating group) is 1. The highest BCUT2D eigenvalue weighted by atomic mass is 16.5. The molecule has 2 aromatic heterocycles. The number of aromatic nitrogens is 3. The van der Waals surface area contributed by atoms with Crippen molar-refractivity contribution < 1.29 is 9.63 Å². The fourth-order valence-electron chi connectivity index (χ4n) is 4.35. The van der Waals surface area contributed by atoms with Gasteiger partial charge in [-0.3, -0.25) is 0 Å². The van der Waals surface area contributed by atoms with Crippen LogP contribution >= 0.6 is 0 Å². The molecule has 2 fully saturated rings. The number of aliphatic hydroxyl groups excluding tert-OH is 1. The predicted octanol–water partition coefficient (Wildman–Crippen LogP) is 2.20. The monoisotopic (exact) mass is 429 g/mol. The van der Waals surface area contributed by atoms with Gasteiger partial charge in [0.25, 0.3) is 0 Å². The smallest absolute Gasteiger partial charge is 0.223 e.